The van der Waals surface area contributed by atoms with Gasteiger partial charge in [-0.05, 0) is 44.6 Å². The molecular formula is C19H26ClN5O. The highest BCUT2D eigenvalue weighted by atomic mass is 35.5. The van der Waals surface area contributed by atoms with Crippen LogP contribution in [0.25, 0.3) is 6.08 Å². The van der Waals surface area contributed by atoms with Gasteiger partial charge in [-0.2, -0.15) is 10.2 Å². The van der Waals surface area contributed by atoms with Crippen LogP contribution in [0.1, 0.15) is 50.9 Å². The lowest BCUT2D eigenvalue weighted by atomic mass is 10.2. The molecule has 0 spiro atoms. The van der Waals surface area contributed by atoms with Gasteiger partial charge in [0.2, 0.25) is 5.91 Å². The molecule has 0 aliphatic heterocycles. The Morgan fingerprint density at radius 1 is 1.42 bits per heavy atom. The zero-order valence-corrected chi connectivity index (χ0v) is 16.5. The monoisotopic (exact) mass is 375 g/mol. The standard InChI is InChI=1S/C19H26ClN5O/c1-12(2)11-24-19(20)16(13(3)23-24)7-8-18(26)22-17-9-10-21-25(17)14(4)15-5-6-15/h7-10,12,14-15H,5-6,11H2,1-4H3,(H,22,26)/b8-7+. The van der Waals surface area contributed by atoms with Gasteiger partial charge in [-0.25, -0.2) is 4.68 Å². The van der Waals surface area contributed by atoms with E-state index >= 15 is 0 Å². The number of halogens is 1. The van der Waals surface area contributed by atoms with Crippen LogP contribution in [-0.2, 0) is 11.3 Å². The maximum Gasteiger partial charge on any atom is 0.249 e. The fourth-order valence-corrected chi connectivity index (χ4v) is 3.37. The molecule has 1 atom stereocenters. The minimum absolute atomic E-state index is 0.207. The average molecular weight is 376 g/mol. The van der Waals surface area contributed by atoms with Gasteiger partial charge < -0.3 is 5.32 Å². The van der Waals surface area contributed by atoms with Crippen molar-refractivity contribution in [3.8, 4) is 0 Å². The zero-order chi connectivity index (χ0) is 18.8. The van der Waals surface area contributed by atoms with E-state index in [2.05, 4.69) is 36.3 Å². The topological polar surface area (TPSA) is 64.7 Å². The molecular weight excluding hydrogens is 350 g/mol. The smallest absolute Gasteiger partial charge is 0.249 e. The fraction of sp³-hybridized carbons (Fsp3) is 0.526. The maximum absolute atomic E-state index is 12.3. The predicted octanol–water partition coefficient (Wildman–Crippen LogP) is 4.32. The third-order valence-electron chi connectivity index (χ3n) is 4.66. The van der Waals surface area contributed by atoms with Crippen LogP contribution in [0.15, 0.2) is 18.3 Å². The number of rotatable bonds is 7. The molecule has 1 amide bonds. The van der Waals surface area contributed by atoms with Gasteiger partial charge in [0.15, 0.2) is 0 Å². The van der Waals surface area contributed by atoms with Crippen molar-refractivity contribution in [3.05, 3.63) is 34.7 Å². The Hall–Kier alpha value is -2.08. The molecule has 0 saturated heterocycles. The molecule has 1 aliphatic carbocycles. The summed E-state index contributed by atoms with van der Waals surface area (Å²) in [5.41, 5.74) is 1.59. The number of carbonyl (C=O) groups is 1. The Kier molecular flexibility index (Phi) is 5.51. The zero-order valence-electron chi connectivity index (χ0n) is 15.7. The quantitative estimate of drug-likeness (QED) is 0.733. The van der Waals surface area contributed by atoms with Crippen LogP contribution < -0.4 is 5.32 Å². The first kappa shape index (κ1) is 18.7. The molecule has 0 radical (unpaired) electrons. The highest BCUT2D eigenvalue weighted by Crippen LogP contribution is 2.40. The van der Waals surface area contributed by atoms with E-state index in [4.69, 9.17) is 11.6 Å². The van der Waals surface area contributed by atoms with Crippen LogP contribution in [0.4, 0.5) is 5.82 Å². The van der Waals surface area contributed by atoms with Crippen LogP contribution in [0.2, 0.25) is 5.15 Å². The molecule has 2 aromatic heterocycles. The van der Waals surface area contributed by atoms with E-state index in [-0.39, 0.29) is 5.91 Å². The van der Waals surface area contributed by atoms with Crippen molar-refractivity contribution in [2.45, 2.75) is 53.1 Å². The largest absolute Gasteiger partial charge is 0.307 e. The molecule has 0 aromatic carbocycles. The Morgan fingerprint density at radius 3 is 2.81 bits per heavy atom. The number of nitrogens with zero attached hydrogens (tertiary/aromatic N) is 4. The second-order valence-corrected chi connectivity index (χ2v) is 7.79. The molecule has 2 aromatic rings. The molecule has 0 bridgehead atoms. The Morgan fingerprint density at radius 2 is 2.15 bits per heavy atom. The van der Waals surface area contributed by atoms with Gasteiger partial charge in [0.05, 0.1) is 17.9 Å². The number of aryl methyl sites for hydroxylation is 1. The summed E-state index contributed by atoms with van der Waals surface area (Å²) in [4.78, 5) is 12.3. The second kappa shape index (κ2) is 7.66. The van der Waals surface area contributed by atoms with E-state index in [1.165, 1.54) is 18.9 Å². The predicted molar refractivity (Wildman–Crippen MR) is 104 cm³/mol. The fourth-order valence-electron chi connectivity index (χ4n) is 3.07. The maximum atomic E-state index is 12.3. The van der Waals surface area contributed by atoms with Gasteiger partial charge in [0.25, 0.3) is 0 Å². The van der Waals surface area contributed by atoms with E-state index in [1.54, 1.807) is 17.0 Å². The third-order valence-corrected chi connectivity index (χ3v) is 5.06. The molecule has 7 heteroatoms. The van der Waals surface area contributed by atoms with E-state index in [1.807, 2.05) is 17.7 Å². The summed E-state index contributed by atoms with van der Waals surface area (Å²) >= 11 is 6.41. The molecule has 1 fully saturated rings. The number of amides is 1. The number of aromatic nitrogens is 4. The third kappa shape index (κ3) is 4.18. The molecule has 2 heterocycles. The first-order valence-corrected chi connectivity index (χ1v) is 9.50. The molecule has 6 nitrogen and oxygen atoms in total. The Labute approximate surface area is 159 Å². The van der Waals surface area contributed by atoms with Crippen molar-refractivity contribution in [3.63, 3.8) is 0 Å². The Bertz CT molecular complexity index is 816. The summed E-state index contributed by atoms with van der Waals surface area (Å²) in [7, 11) is 0. The molecule has 1 N–H and O–H groups in total. The summed E-state index contributed by atoms with van der Waals surface area (Å²) in [6.45, 7) is 9.01. The van der Waals surface area contributed by atoms with Crippen molar-refractivity contribution in [2.75, 3.05) is 5.32 Å². The molecule has 1 saturated carbocycles. The number of hydrogen-bond acceptors (Lipinski definition) is 3. The minimum atomic E-state index is -0.207. The van der Waals surface area contributed by atoms with Gasteiger partial charge in [-0.1, -0.05) is 25.4 Å². The van der Waals surface area contributed by atoms with Crippen molar-refractivity contribution in [1.29, 1.82) is 0 Å². The first-order valence-electron chi connectivity index (χ1n) is 9.12. The number of nitrogens with one attached hydrogen (secondary N) is 1. The van der Waals surface area contributed by atoms with Crippen LogP contribution in [0.5, 0.6) is 0 Å². The highest BCUT2D eigenvalue weighted by Gasteiger charge is 2.30. The van der Waals surface area contributed by atoms with Crippen LogP contribution >= 0.6 is 11.6 Å². The van der Waals surface area contributed by atoms with Crippen LogP contribution in [0.3, 0.4) is 0 Å². The van der Waals surface area contributed by atoms with Gasteiger partial charge in [-0.15, -0.1) is 0 Å². The minimum Gasteiger partial charge on any atom is -0.307 e. The van der Waals surface area contributed by atoms with Crippen molar-refractivity contribution in [2.24, 2.45) is 11.8 Å². The Balaban J connectivity index is 1.69. The lowest BCUT2D eigenvalue weighted by Gasteiger charge is -2.14. The van der Waals surface area contributed by atoms with Crippen molar-refractivity contribution < 1.29 is 4.79 Å². The number of anilines is 1. The molecule has 1 aliphatic rings. The second-order valence-electron chi connectivity index (χ2n) is 7.43. The van der Waals surface area contributed by atoms with E-state index in [0.717, 1.165) is 23.6 Å². The van der Waals surface area contributed by atoms with Crippen LogP contribution in [-0.4, -0.2) is 25.5 Å². The summed E-state index contributed by atoms with van der Waals surface area (Å²) in [6, 6.07) is 2.12. The van der Waals surface area contributed by atoms with Crippen LogP contribution in [0, 0.1) is 18.8 Å². The normalized spacial score (nSPS) is 15.8. The summed E-state index contributed by atoms with van der Waals surface area (Å²) in [6.07, 6.45) is 7.39. The number of hydrogen-bond donors (Lipinski definition) is 1. The molecule has 140 valence electrons. The summed E-state index contributed by atoms with van der Waals surface area (Å²) in [5, 5.41) is 12.3. The van der Waals surface area contributed by atoms with Crippen molar-refractivity contribution >= 4 is 29.4 Å². The average Bonchev–Trinajstić information content (AvgIpc) is 3.27. The highest BCUT2D eigenvalue weighted by molar-refractivity contribution is 6.31. The lowest BCUT2D eigenvalue weighted by Crippen LogP contribution is -2.16. The van der Waals surface area contributed by atoms with E-state index in [0.29, 0.717) is 23.0 Å². The van der Waals surface area contributed by atoms with Gasteiger partial charge in [0.1, 0.15) is 11.0 Å². The summed E-state index contributed by atoms with van der Waals surface area (Å²) in [5.74, 6) is 1.62. The van der Waals surface area contributed by atoms with Gasteiger partial charge in [0, 0.05) is 24.3 Å². The first-order chi connectivity index (χ1) is 12.4. The number of carbonyl (C=O) groups excluding carboxylic acids is 1. The summed E-state index contributed by atoms with van der Waals surface area (Å²) < 4.78 is 3.67. The van der Waals surface area contributed by atoms with Gasteiger partial charge in [-0.3, -0.25) is 9.48 Å². The van der Waals surface area contributed by atoms with E-state index in [9.17, 15) is 4.79 Å². The molecule has 1 unspecified atom stereocenters. The van der Waals surface area contributed by atoms with Gasteiger partial charge >= 0.3 is 0 Å². The molecule has 26 heavy (non-hydrogen) atoms. The SMILES string of the molecule is Cc1nn(CC(C)C)c(Cl)c1/C=C/C(=O)Nc1ccnn1C(C)C1CC1. The van der Waals surface area contributed by atoms with Crippen molar-refractivity contribution in [1.82, 2.24) is 19.6 Å². The molecule has 3 rings (SSSR count). The lowest BCUT2D eigenvalue weighted by molar-refractivity contribution is -0.111. The van der Waals surface area contributed by atoms with E-state index < -0.39 is 0 Å².